The van der Waals surface area contributed by atoms with Crippen LogP contribution in [0.3, 0.4) is 0 Å². The number of hydrogen-bond acceptors (Lipinski definition) is 7. The van der Waals surface area contributed by atoms with Crippen molar-refractivity contribution in [3.8, 4) is 11.5 Å². The van der Waals surface area contributed by atoms with Crippen molar-refractivity contribution in [1.29, 1.82) is 0 Å². The Morgan fingerprint density at radius 2 is 1.52 bits per heavy atom. The summed E-state index contributed by atoms with van der Waals surface area (Å²) in [5.74, 6) is -1.58. The Balaban J connectivity index is 3.62. The summed E-state index contributed by atoms with van der Waals surface area (Å²) in [5.41, 5.74) is -0.0663. The fraction of sp³-hybridized carbons (Fsp3) is 0.312. The van der Waals surface area contributed by atoms with Crippen molar-refractivity contribution in [3.63, 3.8) is 0 Å². The van der Waals surface area contributed by atoms with E-state index < -0.39 is 17.7 Å². The number of carbonyl (C=O) groups is 3. The van der Waals surface area contributed by atoms with Crippen molar-refractivity contribution in [2.24, 2.45) is 0 Å². The lowest BCUT2D eigenvalue weighted by Crippen LogP contribution is -2.16. The molecule has 0 unspecified atom stereocenters. The monoisotopic (exact) mass is 322 g/mol. The average Bonchev–Trinajstić information content (AvgIpc) is 2.52. The van der Waals surface area contributed by atoms with Gasteiger partial charge in [0.25, 0.3) is 0 Å². The molecule has 0 saturated carbocycles. The van der Waals surface area contributed by atoms with Crippen molar-refractivity contribution in [1.82, 2.24) is 0 Å². The van der Waals surface area contributed by atoms with Crippen molar-refractivity contribution in [3.05, 3.63) is 29.3 Å². The lowest BCUT2D eigenvalue weighted by molar-refractivity contribution is -0.137. The summed E-state index contributed by atoms with van der Waals surface area (Å²) in [7, 11) is 4.03. The topological polar surface area (TPSA) is 88.1 Å². The zero-order valence-electron chi connectivity index (χ0n) is 13.6. The lowest BCUT2D eigenvalue weighted by Gasteiger charge is -2.14. The highest BCUT2D eigenvalue weighted by molar-refractivity contribution is 6.21. The predicted octanol–water partition coefficient (Wildman–Crippen LogP) is 1.74. The standard InChI is InChI=1S/C16H18O7/c1-9(17)14(16(19)22-5)15(23-10(2)18)11-6-7-12(20-3)13(8-11)21-4/h6-8H,1-5H3. The highest BCUT2D eigenvalue weighted by Crippen LogP contribution is 2.32. The molecular weight excluding hydrogens is 304 g/mol. The minimum Gasteiger partial charge on any atom is -0.493 e. The van der Waals surface area contributed by atoms with Crippen LogP contribution in [0.1, 0.15) is 19.4 Å². The van der Waals surface area contributed by atoms with Crippen LogP contribution in [0.25, 0.3) is 5.76 Å². The van der Waals surface area contributed by atoms with E-state index >= 15 is 0 Å². The number of ether oxygens (including phenoxy) is 4. The third-order valence-corrected chi connectivity index (χ3v) is 2.86. The highest BCUT2D eigenvalue weighted by atomic mass is 16.5. The quantitative estimate of drug-likeness (QED) is 0.259. The molecule has 1 aromatic carbocycles. The van der Waals surface area contributed by atoms with Crippen LogP contribution in [0.4, 0.5) is 0 Å². The Kier molecular flexibility index (Phi) is 6.32. The number of Topliss-reactive ketones (excluding diaryl/α,β-unsaturated/α-hetero) is 1. The summed E-state index contributed by atoms with van der Waals surface area (Å²) in [6.45, 7) is 2.34. The molecule has 0 aliphatic carbocycles. The van der Waals surface area contributed by atoms with E-state index in [2.05, 4.69) is 4.74 Å². The van der Waals surface area contributed by atoms with Gasteiger partial charge in [-0.3, -0.25) is 9.59 Å². The van der Waals surface area contributed by atoms with Gasteiger partial charge in [-0.2, -0.15) is 0 Å². The van der Waals surface area contributed by atoms with Crippen LogP contribution in [-0.4, -0.2) is 39.1 Å². The average molecular weight is 322 g/mol. The van der Waals surface area contributed by atoms with Crippen LogP contribution in [0.15, 0.2) is 23.8 Å². The molecule has 124 valence electrons. The van der Waals surface area contributed by atoms with Crippen LogP contribution in [0, 0.1) is 0 Å². The molecule has 0 fully saturated rings. The van der Waals surface area contributed by atoms with Crippen molar-refractivity contribution >= 4 is 23.5 Å². The summed E-state index contributed by atoms with van der Waals surface area (Å²) in [5, 5.41) is 0. The van der Waals surface area contributed by atoms with Crippen LogP contribution in [0.5, 0.6) is 11.5 Å². The smallest absolute Gasteiger partial charge is 0.345 e. The zero-order chi connectivity index (χ0) is 17.6. The maximum atomic E-state index is 11.9. The fourth-order valence-corrected chi connectivity index (χ4v) is 1.87. The normalized spacial score (nSPS) is 11.2. The second-order valence-corrected chi connectivity index (χ2v) is 4.42. The SMILES string of the molecule is COC(=O)C(C(C)=O)=C(OC(C)=O)c1ccc(OC)c(OC)c1. The molecule has 1 rings (SSSR count). The van der Waals surface area contributed by atoms with Crippen LogP contribution in [0.2, 0.25) is 0 Å². The van der Waals surface area contributed by atoms with E-state index in [-0.39, 0.29) is 11.3 Å². The van der Waals surface area contributed by atoms with Crippen molar-refractivity contribution in [2.45, 2.75) is 13.8 Å². The number of benzene rings is 1. The molecule has 0 aromatic heterocycles. The largest absolute Gasteiger partial charge is 0.493 e. The summed E-state index contributed by atoms with van der Waals surface area (Å²) in [6, 6.07) is 4.58. The van der Waals surface area contributed by atoms with Crippen LogP contribution >= 0.6 is 0 Å². The molecule has 0 saturated heterocycles. The van der Waals surface area contributed by atoms with Crippen LogP contribution < -0.4 is 9.47 Å². The third-order valence-electron chi connectivity index (χ3n) is 2.86. The number of hydrogen-bond donors (Lipinski definition) is 0. The van der Waals surface area contributed by atoms with Crippen LogP contribution in [-0.2, 0) is 23.9 Å². The first-order valence-corrected chi connectivity index (χ1v) is 6.60. The van der Waals surface area contributed by atoms with Gasteiger partial charge in [0.2, 0.25) is 0 Å². The second-order valence-electron chi connectivity index (χ2n) is 4.42. The number of esters is 2. The maximum absolute atomic E-state index is 11.9. The molecule has 0 bridgehead atoms. The first-order chi connectivity index (χ1) is 10.8. The first kappa shape index (κ1) is 18.2. The van der Waals surface area contributed by atoms with E-state index in [9.17, 15) is 14.4 Å². The zero-order valence-corrected chi connectivity index (χ0v) is 13.6. The Hall–Kier alpha value is -2.83. The van der Waals surface area contributed by atoms with Gasteiger partial charge in [-0.1, -0.05) is 0 Å². The third kappa shape index (κ3) is 4.32. The summed E-state index contributed by atoms with van der Waals surface area (Å²) < 4.78 is 20.0. The van der Waals surface area contributed by atoms with E-state index in [1.54, 1.807) is 6.07 Å². The van der Waals surface area contributed by atoms with E-state index in [0.29, 0.717) is 17.1 Å². The minimum atomic E-state index is -0.900. The van der Waals surface area contributed by atoms with Gasteiger partial charge in [0.15, 0.2) is 23.0 Å². The molecule has 0 N–H and O–H groups in total. The Morgan fingerprint density at radius 3 is 1.96 bits per heavy atom. The molecule has 0 aliphatic rings. The van der Waals surface area contributed by atoms with E-state index in [1.165, 1.54) is 33.3 Å². The molecule has 7 heteroatoms. The molecule has 0 atom stereocenters. The molecular formula is C16H18O7. The summed E-state index contributed by atoms with van der Waals surface area (Å²) >= 11 is 0. The fourth-order valence-electron chi connectivity index (χ4n) is 1.87. The number of rotatable bonds is 6. The Labute approximate surface area is 133 Å². The van der Waals surface area contributed by atoms with Gasteiger partial charge in [-0.15, -0.1) is 0 Å². The van der Waals surface area contributed by atoms with Gasteiger partial charge in [-0.05, 0) is 25.1 Å². The van der Waals surface area contributed by atoms with Crippen molar-refractivity contribution in [2.75, 3.05) is 21.3 Å². The van der Waals surface area contributed by atoms with E-state index in [4.69, 9.17) is 14.2 Å². The molecule has 0 heterocycles. The number of ketones is 1. The van der Waals surface area contributed by atoms with Gasteiger partial charge in [0, 0.05) is 12.5 Å². The molecule has 0 aliphatic heterocycles. The summed E-state index contributed by atoms with van der Waals surface area (Å²) in [4.78, 5) is 35.1. The maximum Gasteiger partial charge on any atom is 0.345 e. The van der Waals surface area contributed by atoms with E-state index in [0.717, 1.165) is 14.0 Å². The van der Waals surface area contributed by atoms with E-state index in [1.807, 2.05) is 0 Å². The Bertz CT molecular complexity index is 658. The second kappa shape index (κ2) is 7.98. The Morgan fingerprint density at radius 1 is 0.913 bits per heavy atom. The number of carbonyl (C=O) groups excluding carboxylic acids is 3. The highest BCUT2D eigenvalue weighted by Gasteiger charge is 2.25. The summed E-state index contributed by atoms with van der Waals surface area (Å²) in [6.07, 6.45) is 0. The molecule has 0 spiro atoms. The lowest BCUT2D eigenvalue weighted by atomic mass is 10.0. The minimum absolute atomic E-state index is 0.196. The van der Waals surface area contributed by atoms with Gasteiger partial charge in [-0.25, -0.2) is 4.79 Å². The molecule has 0 amide bonds. The van der Waals surface area contributed by atoms with Gasteiger partial charge in [0.1, 0.15) is 5.57 Å². The van der Waals surface area contributed by atoms with Gasteiger partial charge in [0.05, 0.1) is 21.3 Å². The van der Waals surface area contributed by atoms with Gasteiger partial charge < -0.3 is 18.9 Å². The molecule has 1 aromatic rings. The number of methoxy groups -OCH3 is 3. The molecule has 0 radical (unpaired) electrons. The first-order valence-electron chi connectivity index (χ1n) is 6.60. The molecule has 23 heavy (non-hydrogen) atoms. The molecule has 7 nitrogen and oxygen atoms in total. The van der Waals surface area contributed by atoms with Crippen molar-refractivity contribution < 1.29 is 33.3 Å². The predicted molar refractivity (Wildman–Crippen MR) is 80.9 cm³/mol. The van der Waals surface area contributed by atoms with Gasteiger partial charge >= 0.3 is 11.9 Å².